The van der Waals surface area contributed by atoms with Crippen molar-refractivity contribution in [3.05, 3.63) is 94.5 Å². The van der Waals surface area contributed by atoms with Crippen LogP contribution in [0.25, 0.3) is 0 Å². The van der Waals surface area contributed by atoms with Crippen molar-refractivity contribution < 1.29 is 13.2 Å². The summed E-state index contributed by atoms with van der Waals surface area (Å²) in [6.45, 7) is 2.40. The summed E-state index contributed by atoms with van der Waals surface area (Å²) in [5, 5.41) is 3.55. The minimum Gasteiger partial charge on any atom is -0.350 e. The second kappa shape index (κ2) is 9.98. The third-order valence-corrected chi connectivity index (χ3v) is 7.99. The molecule has 33 heavy (non-hydrogen) atoms. The molecule has 1 aliphatic rings. The Hall–Kier alpha value is -2.83. The average Bonchev–Trinajstić information content (AvgIpc) is 2.83. The summed E-state index contributed by atoms with van der Waals surface area (Å²) < 4.78 is 27.9. The Balaban J connectivity index is 1.47. The van der Waals surface area contributed by atoms with Crippen molar-refractivity contribution in [1.82, 2.24) is 5.32 Å². The van der Waals surface area contributed by atoms with Crippen LogP contribution in [0.5, 0.6) is 0 Å². The molecule has 0 aromatic heterocycles. The summed E-state index contributed by atoms with van der Waals surface area (Å²) in [6.07, 6.45) is 3.16. The predicted molar refractivity (Wildman–Crippen MR) is 132 cm³/mol. The molecule has 3 aromatic carbocycles. The molecular formula is C26H27ClN2O3S. The number of halogens is 1. The van der Waals surface area contributed by atoms with E-state index in [9.17, 15) is 13.2 Å². The van der Waals surface area contributed by atoms with Gasteiger partial charge in [0.2, 0.25) is 0 Å². The molecule has 0 unspecified atom stereocenters. The van der Waals surface area contributed by atoms with Crippen LogP contribution >= 0.6 is 11.6 Å². The highest BCUT2D eigenvalue weighted by molar-refractivity contribution is 7.92. The summed E-state index contributed by atoms with van der Waals surface area (Å²) in [6, 6.07) is 21.7. The van der Waals surface area contributed by atoms with Gasteiger partial charge in [0.05, 0.1) is 10.6 Å². The molecule has 0 spiro atoms. The summed E-state index contributed by atoms with van der Waals surface area (Å²) in [7, 11) is -3.70. The lowest BCUT2D eigenvalue weighted by molar-refractivity contribution is 0.0938. The van der Waals surface area contributed by atoms with Crippen LogP contribution in [0.1, 0.15) is 41.3 Å². The molecule has 3 aromatic rings. The lowest BCUT2D eigenvalue weighted by Crippen LogP contribution is -2.36. The van der Waals surface area contributed by atoms with Gasteiger partial charge in [-0.1, -0.05) is 41.9 Å². The first-order valence-corrected chi connectivity index (χ1v) is 12.9. The quantitative estimate of drug-likeness (QED) is 0.501. The van der Waals surface area contributed by atoms with E-state index in [0.717, 1.165) is 24.8 Å². The highest BCUT2D eigenvalue weighted by Crippen LogP contribution is 2.33. The van der Waals surface area contributed by atoms with Crippen molar-refractivity contribution in [3.8, 4) is 0 Å². The molecule has 1 atom stereocenters. The van der Waals surface area contributed by atoms with E-state index >= 15 is 0 Å². The summed E-state index contributed by atoms with van der Waals surface area (Å²) in [5.41, 5.74) is 3.29. The van der Waals surface area contributed by atoms with Crippen LogP contribution in [0.4, 0.5) is 5.69 Å². The van der Waals surface area contributed by atoms with Gasteiger partial charge in [-0.05, 0) is 86.2 Å². The molecule has 4 rings (SSSR count). The summed E-state index contributed by atoms with van der Waals surface area (Å²) in [4.78, 5) is 13.0. The van der Waals surface area contributed by atoms with E-state index in [2.05, 4.69) is 17.4 Å². The molecule has 0 saturated heterocycles. The van der Waals surface area contributed by atoms with E-state index in [-0.39, 0.29) is 16.8 Å². The van der Waals surface area contributed by atoms with Gasteiger partial charge in [0.25, 0.3) is 15.9 Å². The second-order valence-corrected chi connectivity index (χ2v) is 10.7. The fraction of sp³-hybridized carbons (Fsp3) is 0.269. The Morgan fingerprint density at radius 2 is 1.79 bits per heavy atom. The number of anilines is 1. The zero-order valence-electron chi connectivity index (χ0n) is 18.5. The summed E-state index contributed by atoms with van der Waals surface area (Å²) in [5.74, 6) is -0.143. The molecule has 0 radical (unpaired) electrons. The van der Waals surface area contributed by atoms with Crippen molar-refractivity contribution in [2.45, 2.75) is 43.5 Å². The zero-order chi connectivity index (χ0) is 23.4. The van der Waals surface area contributed by atoms with Crippen LogP contribution in [0.15, 0.2) is 77.7 Å². The zero-order valence-corrected chi connectivity index (χ0v) is 20.1. The van der Waals surface area contributed by atoms with Gasteiger partial charge in [-0.15, -0.1) is 0 Å². The maximum absolute atomic E-state index is 13.2. The van der Waals surface area contributed by atoms with E-state index in [4.69, 9.17) is 11.6 Å². The number of benzene rings is 3. The number of nitrogens with zero attached hydrogens (tertiary/aromatic N) is 1. The number of sulfonamides is 1. The molecule has 0 fully saturated rings. The lowest BCUT2D eigenvalue weighted by Gasteiger charge is -2.31. The molecule has 1 N–H and O–H groups in total. The Kier molecular flexibility index (Phi) is 7.05. The number of fused-ring (bicyclic) bond motifs is 1. The smallest absolute Gasteiger partial charge is 0.264 e. The van der Waals surface area contributed by atoms with Crippen LogP contribution in [0.2, 0.25) is 5.02 Å². The maximum atomic E-state index is 13.2. The Labute approximate surface area is 200 Å². The van der Waals surface area contributed by atoms with Crippen LogP contribution in [-0.4, -0.2) is 26.9 Å². The van der Waals surface area contributed by atoms with Crippen molar-refractivity contribution >= 4 is 33.2 Å². The number of rotatable bonds is 7. The van der Waals surface area contributed by atoms with E-state index in [1.54, 1.807) is 24.3 Å². The number of nitrogens with one attached hydrogen (secondary N) is 1. The van der Waals surface area contributed by atoms with Crippen LogP contribution in [-0.2, 0) is 22.9 Å². The standard InChI is InChI=1S/C26H27ClN2O3S/c1-19(9-10-20-6-3-2-4-7-20)28-26(30)22-11-16-25-21(18-22)8-5-17-29(25)33(31,32)24-14-12-23(27)13-15-24/h2-4,6-7,11-16,18-19H,5,8-10,17H2,1H3,(H,28,30)/t19-/m0/s1. The van der Waals surface area contributed by atoms with Gasteiger partial charge in [0.1, 0.15) is 0 Å². The number of carbonyl (C=O) groups is 1. The summed E-state index contributed by atoms with van der Waals surface area (Å²) >= 11 is 5.92. The number of amides is 1. The molecule has 1 amide bonds. The van der Waals surface area contributed by atoms with Crippen molar-refractivity contribution in [2.24, 2.45) is 0 Å². The van der Waals surface area contributed by atoms with E-state index in [1.165, 1.54) is 22.0 Å². The minimum atomic E-state index is -3.70. The van der Waals surface area contributed by atoms with E-state index < -0.39 is 10.0 Å². The molecule has 0 bridgehead atoms. The van der Waals surface area contributed by atoms with Crippen molar-refractivity contribution in [2.75, 3.05) is 10.8 Å². The molecule has 0 saturated carbocycles. The van der Waals surface area contributed by atoms with Gasteiger partial charge in [0.15, 0.2) is 0 Å². The first kappa shape index (κ1) is 23.3. The monoisotopic (exact) mass is 482 g/mol. The third kappa shape index (κ3) is 5.40. The van der Waals surface area contributed by atoms with Crippen molar-refractivity contribution in [1.29, 1.82) is 0 Å². The maximum Gasteiger partial charge on any atom is 0.264 e. The van der Waals surface area contributed by atoms with Crippen LogP contribution in [0, 0.1) is 0 Å². The Morgan fingerprint density at radius 3 is 2.52 bits per heavy atom. The third-order valence-electron chi connectivity index (χ3n) is 5.91. The molecule has 7 heteroatoms. The second-order valence-electron chi connectivity index (χ2n) is 8.38. The molecule has 172 valence electrons. The first-order chi connectivity index (χ1) is 15.8. The van der Waals surface area contributed by atoms with E-state index in [1.807, 2.05) is 31.2 Å². The topological polar surface area (TPSA) is 66.5 Å². The SMILES string of the molecule is C[C@@H](CCc1ccccc1)NC(=O)c1ccc2c(c1)CCCN2S(=O)(=O)c1ccc(Cl)cc1. The molecule has 1 heterocycles. The highest BCUT2D eigenvalue weighted by Gasteiger charge is 2.29. The predicted octanol–water partition coefficient (Wildman–Crippen LogP) is 5.23. The number of hydrogen-bond donors (Lipinski definition) is 1. The normalized spacial score (nSPS) is 14.4. The van der Waals surface area contributed by atoms with Crippen LogP contribution in [0.3, 0.4) is 0 Å². The van der Waals surface area contributed by atoms with Gasteiger partial charge in [-0.3, -0.25) is 9.10 Å². The average molecular weight is 483 g/mol. The number of aryl methyl sites for hydroxylation is 2. The van der Waals surface area contributed by atoms with Gasteiger partial charge < -0.3 is 5.32 Å². The fourth-order valence-corrected chi connectivity index (χ4v) is 5.76. The first-order valence-electron chi connectivity index (χ1n) is 11.1. The molecule has 5 nitrogen and oxygen atoms in total. The molecule has 0 aliphatic carbocycles. The number of carbonyl (C=O) groups excluding carboxylic acids is 1. The van der Waals surface area contributed by atoms with Gasteiger partial charge in [-0.25, -0.2) is 8.42 Å². The lowest BCUT2D eigenvalue weighted by atomic mass is 10.00. The Bertz CT molecular complexity index is 1230. The fourth-order valence-electron chi connectivity index (χ4n) is 4.09. The Morgan fingerprint density at radius 1 is 1.06 bits per heavy atom. The van der Waals surface area contributed by atoms with Crippen molar-refractivity contribution in [3.63, 3.8) is 0 Å². The largest absolute Gasteiger partial charge is 0.350 e. The van der Waals surface area contributed by atoms with E-state index in [0.29, 0.717) is 29.2 Å². The van der Waals surface area contributed by atoms with Gasteiger partial charge in [0, 0.05) is 23.2 Å². The van der Waals surface area contributed by atoms with Crippen LogP contribution < -0.4 is 9.62 Å². The molecular weight excluding hydrogens is 456 g/mol. The highest BCUT2D eigenvalue weighted by atomic mass is 35.5. The number of hydrogen-bond acceptors (Lipinski definition) is 3. The minimum absolute atomic E-state index is 0.0236. The van der Waals surface area contributed by atoms with Gasteiger partial charge in [-0.2, -0.15) is 0 Å². The molecule has 1 aliphatic heterocycles. The van der Waals surface area contributed by atoms with Gasteiger partial charge >= 0.3 is 0 Å².